The maximum Gasteiger partial charge on any atom is 0.0466 e. The van der Waals surface area contributed by atoms with Crippen LogP contribution in [0.25, 0.3) is 0 Å². The van der Waals surface area contributed by atoms with E-state index in [-0.39, 0.29) is 0 Å². The van der Waals surface area contributed by atoms with Gasteiger partial charge in [-0.3, -0.25) is 8.42 Å². The van der Waals surface area contributed by atoms with Crippen molar-refractivity contribution in [1.29, 1.82) is 0 Å². The molecule has 0 rings (SSSR count). The molecule has 92 valence electrons. The van der Waals surface area contributed by atoms with Gasteiger partial charge in [-0.1, -0.05) is 0 Å². The van der Waals surface area contributed by atoms with Gasteiger partial charge in [-0.15, -0.1) is 0 Å². The predicted octanol–water partition coefficient (Wildman–Crippen LogP) is 1.32. The molecule has 2 unspecified atom stereocenters. The summed E-state index contributed by atoms with van der Waals surface area (Å²) in [4.78, 5) is 0. The van der Waals surface area contributed by atoms with Gasteiger partial charge in [0, 0.05) is 58.8 Å². The van der Waals surface area contributed by atoms with E-state index in [0.717, 1.165) is 50.4 Å². The first kappa shape index (κ1) is 15.3. The quantitative estimate of drug-likeness (QED) is 0.552. The van der Waals surface area contributed by atoms with Crippen LogP contribution in [0.4, 0.5) is 0 Å². The molecule has 0 saturated carbocycles. The lowest BCUT2D eigenvalue weighted by Gasteiger charge is -2.03. The number of hydrogen-bond donors (Lipinski definition) is 0. The summed E-state index contributed by atoms with van der Waals surface area (Å²) in [6, 6.07) is 0. The highest BCUT2D eigenvalue weighted by Crippen LogP contribution is 1.96. The van der Waals surface area contributed by atoms with Crippen molar-refractivity contribution < 1.29 is 13.2 Å². The molecule has 2 atom stereocenters. The SMILES string of the molecule is CS(=O)CCCCOCCCCS(C)=O. The molecule has 0 aromatic rings. The average molecular weight is 254 g/mol. The fourth-order valence-corrected chi connectivity index (χ4v) is 2.34. The van der Waals surface area contributed by atoms with Crippen molar-refractivity contribution >= 4 is 21.6 Å². The van der Waals surface area contributed by atoms with Gasteiger partial charge in [-0.2, -0.15) is 0 Å². The molecule has 0 heterocycles. The highest BCUT2D eigenvalue weighted by atomic mass is 32.2. The third-order valence-corrected chi connectivity index (χ3v) is 3.67. The van der Waals surface area contributed by atoms with Crippen molar-refractivity contribution in [2.24, 2.45) is 0 Å². The summed E-state index contributed by atoms with van der Waals surface area (Å²) >= 11 is 0. The fraction of sp³-hybridized carbons (Fsp3) is 1.00. The van der Waals surface area contributed by atoms with Crippen LogP contribution in [0, 0.1) is 0 Å². The van der Waals surface area contributed by atoms with E-state index in [1.807, 2.05) is 0 Å². The van der Waals surface area contributed by atoms with E-state index in [0.29, 0.717) is 0 Å². The van der Waals surface area contributed by atoms with Crippen LogP contribution in [0.5, 0.6) is 0 Å². The van der Waals surface area contributed by atoms with Gasteiger partial charge in [0.2, 0.25) is 0 Å². The van der Waals surface area contributed by atoms with Gasteiger partial charge >= 0.3 is 0 Å². The van der Waals surface area contributed by atoms with E-state index < -0.39 is 21.6 Å². The highest BCUT2D eigenvalue weighted by Gasteiger charge is 1.94. The lowest BCUT2D eigenvalue weighted by molar-refractivity contribution is 0.129. The van der Waals surface area contributed by atoms with Crippen LogP contribution in [0.3, 0.4) is 0 Å². The second-order valence-corrected chi connectivity index (χ2v) is 6.69. The van der Waals surface area contributed by atoms with Gasteiger partial charge < -0.3 is 4.74 Å². The smallest absolute Gasteiger partial charge is 0.0466 e. The minimum atomic E-state index is -0.670. The summed E-state index contributed by atoms with van der Waals surface area (Å²) in [5.41, 5.74) is 0. The van der Waals surface area contributed by atoms with E-state index in [1.54, 1.807) is 12.5 Å². The van der Waals surface area contributed by atoms with Crippen molar-refractivity contribution in [3.8, 4) is 0 Å². The Morgan fingerprint density at radius 1 is 0.800 bits per heavy atom. The molecular weight excluding hydrogens is 232 g/mol. The van der Waals surface area contributed by atoms with Crippen molar-refractivity contribution in [3.05, 3.63) is 0 Å². The third-order valence-electron chi connectivity index (χ3n) is 1.94. The Morgan fingerprint density at radius 2 is 1.20 bits per heavy atom. The van der Waals surface area contributed by atoms with Crippen molar-refractivity contribution in [2.75, 3.05) is 37.2 Å². The summed E-state index contributed by atoms with van der Waals surface area (Å²) in [5.74, 6) is 1.55. The maximum absolute atomic E-state index is 10.7. The Hall–Kier alpha value is 0.260. The van der Waals surface area contributed by atoms with E-state index >= 15 is 0 Å². The summed E-state index contributed by atoms with van der Waals surface area (Å²) in [7, 11) is -1.34. The molecule has 0 N–H and O–H groups in total. The first-order chi connectivity index (χ1) is 7.13. The molecule has 0 saturated heterocycles. The van der Waals surface area contributed by atoms with Crippen LogP contribution in [-0.4, -0.2) is 45.6 Å². The Balaban J connectivity index is 2.99. The molecule has 0 aliphatic rings. The number of hydrogen-bond acceptors (Lipinski definition) is 3. The molecule has 0 amide bonds. The van der Waals surface area contributed by atoms with Crippen LogP contribution in [0.15, 0.2) is 0 Å². The topological polar surface area (TPSA) is 43.4 Å². The van der Waals surface area contributed by atoms with E-state index in [1.165, 1.54) is 0 Å². The average Bonchev–Trinajstić information content (AvgIpc) is 2.14. The number of ether oxygens (including phenoxy) is 1. The molecule has 0 aliphatic carbocycles. The van der Waals surface area contributed by atoms with E-state index in [2.05, 4.69) is 0 Å². The minimum Gasteiger partial charge on any atom is -0.381 e. The van der Waals surface area contributed by atoms with Crippen molar-refractivity contribution in [2.45, 2.75) is 25.7 Å². The Kier molecular flexibility index (Phi) is 11.0. The molecule has 0 aliphatic heterocycles. The van der Waals surface area contributed by atoms with Crippen LogP contribution in [0.1, 0.15) is 25.7 Å². The first-order valence-corrected chi connectivity index (χ1v) is 8.76. The molecule has 5 heteroatoms. The Bertz CT molecular complexity index is 175. The molecular formula is C10H22O3S2. The molecule has 0 bridgehead atoms. The summed E-state index contributed by atoms with van der Waals surface area (Å²) < 4.78 is 26.8. The van der Waals surface area contributed by atoms with Gasteiger partial charge in [-0.05, 0) is 25.7 Å². The van der Waals surface area contributed by atoms with Gasteiger partial charge in [0.25, 0.3) is 0 Å². The lowest BCUT2D eigenvalue weighted by Crippen LogP contribution is -2.02. The Labute approximate surface area is 97.9 Å². The van der Waals surface area contributed by atoms with Crippen LogP contribution in [-0.2, 0) is 26.3 Å². The zero-order chi connectivity index (χ0) is 11.5. The number of unbranched alkanes of at least 4 members (excludes halogenated alkanes) is 2. The second-order valence-electron chi connectivity index (χ2n) is 3.58. The zero-order valence-corrected chi connectivity index (χ0v) is 11.3. The maximum atomic E-state index is 10.7. The molecule has 15 heavy (non-hydrogen) atoms. The fourth-order valence-electron chi connectivity index (χ4n) is 1.12. The largest absolute Gasteiger partial charge is 0.381 e. The first-order valence-electron chi connectivity index (χ1n) is 5.30. The lowest BCUT2D eigenvalue weighted by atomic mass is 10.3. The molecule has 3 nitrogen and oxygen atoms in total. The molecule has 0 fully saturated rings. The normalized spacial score (nSPS) is 15.1. The summed E-state index contributed by atoms with van der Waals surface area (Å²) in [5, 5.41) is 0. The highest BCUT2D eigenvalue weighted by molar-refractivity contribution is 7.84. The monoisotopic (exact) mass is 254 g/mol. The summed E-state index contributed by atoms with van der Waals surface area (Å²) in [6.45, 7) is 1.51. The van der Waals surface area contributed by atoms with Gasteiger partial charge in [0.1, 0.15) is 0 Å². The zero-order valence-electron chi connectivity index (χ0n) is 9.70. The molecule has 0 aromatic heterocycles. The van der Waals surface area contributed by atoms with Gasteiger partial charge in [0.05, 0.1) is 0 Å². The van der Waals surface area contributed by atoms with Crippen LogP contribution in [0.2, 0.25) is 0 Å². The van der Waals surface area contributed by atoms with E-state index in [4.69, 9.17) is 4.74 Å². The standard InChI is InChI=1S/C10H22O3S2/c1-14(11)9-5-3-7-13-8-4-6-10-15(2)12/h3-10H2,1-2H3. The predicted molar refractivity (Wildman–Crippen MR) is 67.2 cm³/mol. The van der Waals surface area contributed by atoms with Crippen molar-refractivity contribution in [3.63, 3.8) is 0 Å². The van der Waals surface area contributed by atoms with Crippen LogP contribution >= 0.6 is 0 Å². The Morgan fingerprint density at radius 3 is 1.53 bits per heavy atom. The molecule has 0 spiro atoms. The van der Waals surface area contributed by atoms with E-state index in [9.17, 15) is 8.42 Å². The molecule has 0 radical (unpaired) electrons. The third kappa shape index (κ3) is 14.3. The number of rotatable bonds is 10. The van der Waals surface area contributed by atoms with Crippen molar-refractivity contribution in [1.82, 2.24) is 0 Å². The summed E-state index contributed by atoms with van der Waals surface area (Å²) in [6.07, 6.45) is 7.38. The van der Waals surface area contributed by atoms with Gasteiger partial charge in [0.15, 0.2) is 0 Å². The minimum absolute atomic E-state index is 0.670. The van der Waals surface area contributed by atoms with Crippen LogP contribution < -0.4 is 0 Å². The van der Waals surface area contributed by atoms with Gasteiger partial charge in [-0.25, -0.2) is 0 Å². The molecule has 0 aromatic carbocycles. The second kappa shape index (κ2) is 10.8.